The third-order valence-corrected chi connectivity index (χ3v) is 4.56. The van der Waals surface area contributed by atoms with Gasteiger partial charge in [0.15, 0.2) is 6.29 Å². The van der Waals surface area contributed by atoms with Gasteiger partial charge in [0, 0.05) is 5.56 Å². The lowest BCUT2D eigenvalue weighted by Crippen LogP contribution is -2.21. The van der Waals surface area contributed by atoms with Gasteiger partial charge in [-0.05, 0) is 35.3 Å². The van der Waals surface area contributed by atoms with Gasteiger partial charge >= 0.3 is 0 Å². The fourth-order valence-corrected chi connectivity index (χ4v) is 2.12. The van der Waals surface area contributed by atoms with Crippen LogP contribution < -0.4 is 4.74 Å². The number of ether oxygens (including phenoxy) is 1. The Morgan fingerprint density at radius 3 is 2.15 bits per heavy atom. The number of carbonyl (C=O) groups is 1. The molecule has 0 aliphatic carbocycles. The fourth-order valence-electron chi connectivity index (χ4n) is 2.12. The molecule has 0 aliphatic heterocycles. The van der Waals surface area contributed by atoms with Crippen molar-refractivity contribution in [1.29, 1.82) is 0 Å². The molecule has 0 bridgehead atoms. The first-order valence-electron chi connectivity index (χ1n) is 7.50. The van der Waals surface area contributed by atoms with Crippen molar-refractivity contribution in [2.75, 3.05) is 6.61 Å². The van der Waals surface area contributed by atoms with E-state index in [9.17, 15) is 4.79 Å². The third-order valence-electron chi connectivity index (χ3n) is 4.56. The Bertz CT molecular complexity index is 458. The number of hydrogen-bond acceptors (Lipinski definition) is 2. The first-order chi connectivity index (χ1) is 9.28. The van der Waals surface area contributed by atoms with Crippen LogP contribution in [0, 0.1) is 0 Å². The third kappa shape index (κ3) is 3.62. The Kier molecular flexibility index (Phi) is 5.38. The van der Waals surface area contributed by atoms with E-state index in [0.717, 1.165) is 24.9 Å². The molecular weight excluding hydrogens is 248 g/mol. The zero-order chi connectivity index (χ0) is 15.4. The number of carbonyl (C=O) groups excluding carboxylic acids is 1. The summed E-state index contributed by atoms with van der Waals surface area (Å²) in [5.74, 6) is 0.833. The van der Waals surface area contributed by atoms with E-state index >= 15 is 0 Å². The summed E-state index contributed by atoms with van der Waals surface area (Å²) in [6.45, 7) is 13.5. The predicted octanol–water partition coefficient (Wildman–Crippen LogP) is 4.64. The number of hydrogen-bond donors (Lipinski definition) is 0. The van der Waals surface area contributed by atoms with Crippen LogP contribution in [0.15, 0.2) is 18.2 Å². The zero-order valence-corrected chi connectivity index (χ0v) is 13.7. The van der Waals surface area contributed by atoms with Crippen LogP contribution in [0.2, 0.25) is 0 Å². The Labute approximate surface area is 123 Å². The SMILES string of the molecule is CCC(C)(C)c1ccc(OCC=O)c(C(C)(C)CC)c1. The molecular formula is C18H28O2. The van der Waals surface area contributed by atoms with Crippen LogP contribution in [0.1, 0.15) is 65.5 Å². The van der Waals surface area contributed by atoms with E-state index in [1.807, 2.05) is 6.07 Å². The molecule has 0 radical (unpaired) electrons. The van der Waals surface area contributed by atoms with Gasteiger partial charge < -0.3 is 4.74 Å². The molecule has 0 aliphatic rings. The van der Waals surface area contributed by atoms with E-state index in [0.29, 0.717) is 0 Å². The van der Waals surface area contributed by atoms with Crippen LogP contribution in [0.4, 0.5) is 0 Å². The van der Waals surface area contributed by atoms with Crippen molar-refractivity contribution in [3.05, 3.63) is 29.3 Å². The molecule has 0 unspecified atom stereocenters. The lowest BCUT2D eigenvalue weighted by molar-refractivity contribution is -0.109. The second-order valence-electron chi connectivity index (χ2n) is 6.66. The van der Waals surface area contributed by atoms with Gasteiger partial charge in [0.25, 0.3) is 0 Å². The number of benzene rings is 1. The number of aldehydes is 1. The Morgan fingerprint density at radius 2 is 1.65 bits per heavy atom. The lowest BCUT2D eigenvalue weighted by atomic mass is 9.76. The van der Waals surface area contributed by atoms with Crippen LogP contribution in [0.5, 0.6) is 5.75 Å². The molecule has 0 saturated carbocycles. The Hall–Kier alpha value is -1.31. The molecule has 2 heteroatoms. The first-order valence-corrected chi connectivity index (χ1v) is 7.50. The molecule has 0 atom stereocenters. The van der Waals surface area contributed by atoms with Gasteiger partial charge in [0.1, 0.15) is 12.4 Å². The van der Waals surface area contributed by atoms with E-state index in [1.165, 1.54) is 11.1 Å². The van der Waals surface area contributed by atoms with Crippen LogP contribution in [-0.2, 0) is 15.6 Å². The molecule has 1 aromatic carbocycles. The first kappa shape index (κ1) is 16.7. The molecule has 0 N–H and O–H groups in total. The van der Waals surface area contributed by atoms with Gasteiger partial charge in [-0.1, -0.05) is 53.7 Å². The summed E-state index contributed by atoms with van der Waals surface area (Å²) in [5.41, 5.74) is 2.72. The largest absolute Gasteiger partial charge is 0.486 e. The van der Waals surface area contributed by atoms with Crippen LogP contribution >= 0.6 is 0 Å². The Balaban J connectivity index is 3.32. The van der Waals surface area contributed by atoms with Gasteiger partial charge in [-0.15, -0.1) is 0 Å². The lowest BCUT2D eigenvalue weighted by Gasteiger charge is -2.30. The highest BCUT2D eigenvalue weighted by molar-refractivity contribution is 5.52. The molecule has 0 amide bonds. The molecule has 0 spiro atoms. The molecule has 0 heterocycles. The van der Waals surface area contributed by atoms with E-state index in [1.54, 1.807) is 0 Å². The molecule has 0 aromatic heterocycles. The molecule has 2 nitrogen and oxygen atoms in total. The summed E-state index contributed by atoms with van der Waals surface area (Å²) in [4.78, 5) is 10.6. The summed E-state index contributed by atoms with van der Waals surface area (Å²) < 4.78 is 5.61. The molecule has 0 fully saturated rings. The standard InChI is InChI=1S/C18H28O2/c1-7-17(3,4)14-9-10-16(20-12-11-19)15(13-14)18(5,6)8-2/h9-11,13H,7-8,12H2,1-6H3. The molecule has 1 aromatic rings. The second kappa shape index (κ2) is 6.43. The van der Waals surface area contributed by atoms with Crippen molar-refractivity contribution in [3.63, 3.8) is 0 Å². The highest BCUT2D eigenvalue weighted by Gasteiger charge is 2.26. The smallest absolute Gasteiger partial charge is 0.157 e. The summed E-state index contributed by atoms with van der Waals surface area (Å²) in [5, 5.41) is 0. The van der Waals surface area contributed by atoms with E-state index in [4.69, 9.17) is 4.74 Å². The van der Waals surface area contributed by atoms with Gasteiger partial charge in [-0.3, -0.25) is 4.79 Å². The van der Waals surface area contributed by atoms with Crippen molar-refractivity contribution in [2.24, 2.45) is 0 Å². The van der Waals surface area contributed by atoms with Crippen molar-refractivity contribution in [2.45, 2.75) is 65.2 Å². The Morgan fingerprint density at radius 1 is 1.05 bits per heavy atom. The second-order valence-corrected chi connectivity index (χ2v) is 6.66. The minimum atomic E-state index is 0.0397. The van der Waals surface area contributed by atoms with Crippen molar-refractivity contribution in [1.82, 2.24) is 0 Å². The van der Waals surface area contributed by atoms with E-state index < -0.39 is 0 Å². The van der Waals surface area contributed by atoms with Crippen LogP contribution in [-0.4, -0.2) is 12.9 Å². The average molecular weight is 276 g/mol. The molecule has 20 heavy (non-hydrogen) atoms. The minimum absolute atomic E-state index is 0.0397. The summed E-state index contributed by atoms with van der Waals surface area (Å²) in [6, 6.07) is 6.40. The predicted molar refractivity (Wildman–Crippen MR) is 84.6 cm³/mol. The topological polar surface area (TPSA) is 26.3 Å². The van der Waals surface area contributed by atoms with Gasteiger partial charge in [-0.2, -0.15) is 0 Å². The summed E-state index contributed by atoms with van der Waals surface area (Å²) >= 11 is 0. The maximum Gasteiger partial charge on any atom is 0.157 e. The molecule has 1 rings (SSSR count). The highest BCUT2D eigenvalue weighted by Crippen LogP contribution is 2.38. The van der Waals surface area contributed by atoms with Gasteiger partial charge in [-0.25, -0.2) is 0 Å². The van der Waals surface area contributed by atoms with Crippen LogP contribution in [0.3, 0.4) is 0 Å². The van der Waals surface area contributed by atoms with E-state index in [2.05, 4.69) is 53.7 Å². The number of rotatable bonds is 7. The summed E-state index contributed by atoms with van der Waals surface area (Å²) in [6.07, 6.45) is 2.92. The normalized spacial score (nSPS) is 12.3. The fraction of sp³-hybridized carbons (Fsp3) is 0.611. The monoisotopic (exact) mass is 276 g/mol. The molecule has 112 valence electrons. The quantitative estimate of drug-likeness (QED) is 0.678. The van der Waals surface area contributed by atoms with Crippen molar-refractivity contribution in [3.8, 4) is 5.75 Å². The maximum absolute atomic E-state index is 10.6. The summed E-state index contributed by atoms with van der Waals surface area (Å²) in [7, 11) is 0. The highest BCUT2D eigenvalue weighted by atomic mass is 16.5. The zero-order valence-electron chi connectivity index (χ0n) is 13.7. The maximum atomic E-state index is 10.6. The average Bonchev–Trinajstić information content (AvgIpc) is 2.44. The van der Waals surface area contributed by atoms with Gasteiger partial charge in [0.05, 0.1) is 0 Å². The van der Waals surface area contributed by atoms with Crippen LogP contribution in [0.25, 0.3) is 0 Å². The minimum Gasteiger partial charge on any atom is -0.486 e. The van der Waals surface area contributed by atoms with Crippen molar-refractivity contribution >= 4 is 6.29 Å². The molecule has 0 saturated heterocycles. The van der Waals surface area contributed by atoms with Crippen molar-refractivity contribution < 1.29 is 9.53 Å². The van der Waals surface area contributed by atoms with E-state index in [-0.39, 0.29) is 17.4 Å². The van der Waals surface area contributed by atoms with Gasteiger partial charge in [0.2, 0.25) is 0 Å².